The Balaban J connectivity index is 3.33. The van der Waals surface area contributed by atoms with Crippen LogP contribution in [0.15, 0.2) is 17.0 Å². The van der Waals surface area contributed by atoms with E-state index in [9.17, 15) is 18.0 Å². The van der Waals surface area contributed by atoms with E-state index in [-0.39, 0.29) is 29.0 Å². The van der Waals surface area contributed by atoms with E-state index in [1.807, 2.05) is 0 Å². The van der Waals surface area contributed by atoms with Crippen molar-refractivity contribution in [3.63, 3.8) is 0 Å². The summed E-state index contributed by atoms with van der Waals surface area (Å²) in [4.78, 5) is 11.0. The Morgan fingerprint density at radius 1 is 1.50 bits per heavy atom. The lowest BCUT2D eigenvalue weighted by Crippen LogP contribution is -2.12. The lowest BCUT2D eigenvalue weighted by atomic mass is 10.0. The third-order valence-electron chi connectivity index (χ3n) is 2.46. The van der Waals surface area contributed by atoms with Crippen molar-refractivity contribution in [1.29, 1.82) is 5.26 Å². The highest BCUT2D eigenvalue weighted by Gasteiger charge is 2.32. The summed E-state index contributed by atoms with van der Waals surface area (Å²) < 4.78 is 42.1. The highest BCUT2D eigenvalue weighted by molar-refractivity contribution is 8.00. The average molecular weight is 304 g/mol. The van der Waals surface area contributed by atoms with Gasteiger partial charge in [-0.25, -0.2) is 0 Å². The lowest BCUT2D eigenvalue weighted by molar-refractivity contribution is -0.139. The standard InChI is InChI=1S/C12H11F3N2O2S/c1-19-10(18)4-7-2-3-8(5-16)11(9(7)6-17)20-12(13,14)15/h2-3H,4,6,17H2,1H3. The van der Waals surface area contributed by atoms with Crippen LogP contribution in [0.1, 0.15) is 16.7 Å². The third-order valence-corrected chi connectivity index (χ3v) is 3.36. The van der Waals surface area contributed by atoms with Gasteiger partial charge in [0.25, 0.3) is 0 Å². The number of benzene rings is 1. The molecule has 1 rings (SSSR count). The van der Waals surface area contributed by atoms with Gasteiger partial charge >= 0.3 is 11.5 Å². The van der Waals surface area contributed by atoms with Crippen molar-refractivity contribution in [2.75, 3.05) is 7.11 Å². The Morgan fingerprint density at radius 3 is 2.60 bits per heavy atom. The monoisotopic (exact) mass is 304 g/mol. The first kappa shape index (κ1) is 16.3. The molecule has 0 radical (unpaired) electrons. The molecular weight excluding hydrogens is 293 g/mol. The van der Waals surface area contributed by atoms with Crippen LogP contribution in [0.3, 0.4) is 0 Å². The summed E-state index contributed by atoms with van der Waals surface area (Å²) in [5, 5.41) is 8.89. The Kier molecular flexibility index (Phi) is 5.42. The molecule has 4 nitrogen and oxygen atoms in total. The predicted molar refractivity (Wildman–Crippen MR) is 66.7 cm³/mol. The number of alkyl halides is 3. The number of nitrogens with two attached hydrogens (primary N) is 1. The molecule has 0 fully saturated rings. The van der Waals surface area contributed by atoms with Gasteiger partial charge in [0.05, 0.1) is 19.1 Å². The van der Waals surface area contributed by atoms with Gasteiger partial charge in [0.15, 0.2) is 0 Å². The molecule has 0 atom stereocenters. The minimum absolute atomic E-state index is 0.124. The van der Waals surface area contributed by atoms with Gasteiger partial charge in [0.1, 0.15) is 6.07 Å². The molecule has 0 saturated heterocycles. The van der Waals surface area contributed by atoms with E-state index < -0.39 is 23.2 Å². The Hall–Kier alpha value is -1.72. The number of nitrogens with zero attached hydrogens (tertiary/aromatic N) is 1. The number of methoxy groups -OCH3 is 1. The number of carbonyl (C=O) groups is 1. The minimum atomic E-state index is -4.54. The molecule has 0 aliphatic carbocycles. The summed E-state index contributed by atoms with van der Waals surface area (Å²) in [7, 11) is 1.18. The molecule has 0 unspecified atom stereocenters. The molecule has 1 aromatic rings. The number of esters is 1. The van der Waals surface area contributed by atoms with E-state index in [0.717, 1.165) is 0 Å². The molecule has 1 aromatic carbocycles. The van der Waals surface area contributed by atoms with Crippen LogP contribution in [0.2, 0.25) is 0 Å². The lowest BCUT2D eigenvalue weighted by Gasteiger charge is -2.15. The van der Waals surface area contributed by atoms with Crippen LogP contribution in [0.5, 0.6) is 0 Å². The summed E-state index contributed by atoms with van der Waals surface area (Å²) in [6, 6.07) is 4.35. The van der Waals surface area contributed by atoms with Crippen LogP contribution < -0.4 is 5.73 Å². The number of carbonyl (C=O) groups excluding carboxylic acids is 1. The first-order chi connectivity index (χ1) is 9.32. The molecule has 0 spiro atoms. The normalized spacial score (nSPS) is 11.0. The molecule has 0 saturated carbocycles. The molecule has 20 heavy (non-hydrogen) atoms. The number of halogens is 3. The fraction of sp³-hybridized carbons (Fsp3) is 0.333. The van der Waals surface area contributed by atoms with Crippen molar-refractivity contribution in [1.82, 2.24) is 0 Å². The Labute approximate surface area is 117 Å². The summed E-state index contributed by atoms with van der Waals surface area (Å²) >= 11 is -0.403. The van der Waals surface area contributed by atoms with Crippen LogP contribution in [0.4, 0.5) is 13.2 Å². The number of hydrogen-bond acceptors (Lipinski definition) is 5. The zero-order chi connectivity index (χ0) is 15.3. The smallest absolute Gasteiger partial charge is 0.446 e. The topological polar surface area (TPSA) is 76.1 Å². The van der Waals surface area contributed by atoms with E-state index in [1.165, 1.54) is 19.2 Å². The van der Waals surface area contributed by atoms with Gasteiger partial charge in [-0.2, -0.15) is 18.4 Å². The van der Waals surface area contributed by atoms with Gasteiger partial charge in [0, 0.05) is 11.4 Å². The predicted octanol–water partition coefficient (Wildman–Crippen LogP) is 2.34. The minimum Gasteiger partial charge on any atom is -0.469 e. The second kappa shape index (κ2) is 6.63. The first-order valence-corrected chi connectivity index (χ1v) is 6.21. The van der Waals surface area contributed by atoms with Gasteiger partial charge in [-0.05, 0) is 29.0 Å². The van der Waals surface area contributed by atoms with Gasteiger partial charge in [-0.15, -0.1) is 0 Å². The zero-order valence-electron chi connectivity index (χ0n) is 10.5. The van der Waals surface area contributed by atoms with E-state index >= 15 is 0 Å². The van der Waals surface area contributed by atoms with E-state index in [0.29, 0.717) is 5.56 Å². The fourth-order valence-electron chi connectivity index (χ4n) is 1.61. The summed E-state index contributed by atoms with van der Waals surface area (Å²) in [5.41, 5.74) is 1.26. The summed E-state index contributed by atoms with van der Waals surface area (Å²) in [6.07, 6.45) is -0.194. The van der Waals surface area contributed by atoms with Crippen molar-refractivity contribution in [3.8, 4) is 6.07 Å². The van der Waals surface area contributed by atoms with Crippen LogP contribution >= 0.6 is 11.8 Å². The number of ether oxygens (including phenoxy) is 1. The van der Waals surface area contributed by atoms with Crippen LogP contribution in [0, 0.1) is 11.3 Å². The van der Waals surface area contributed by atoms with Gasteiger partial charge in [-0.1, -0.05) is 6.07 Å². The molecular formula is C12H11F3N2O2S. The van der Waals surface area contributed by atoms with Crippen molar-refractivity contribution in [3.05, 3.63) is 28.8 Å². The molecule has 108 valence electrons. The van der Waals surface area contributed by atoms with Gasteiger partial charge < -0.3 is 10.5 Å². The third kappa shape index (κ3) is 4.15. The molecule has 0 bridgehead atoms. The molecule has 2 N–H and O–H groups in total. The van der Waals surface area contributed by atoms with E-state index in [4.69, 9.17) is 11.0 Å². The number of hydrogen-bond donors (Lipinski definition) is 1. The second-order valence-electron chi connectivity index (χ2n) is 3.70. The second-order valence-corrected chi connectivity index (χ2v) is 4.77. The number of thioether (sulfide) groups is 1. The molecule has 0 aliphatic heterocycles. The highest BCUT2D eigenvalue weighted by Crippen LogP contribution is 2.41. The van der Waals surface area contributed by atoms with Crippen molar-refractivity contribution in [2.24, 2.45) is 5.73 Å². The van der Waals surface area contributed by atoms with Crippen LogP contribution in [0.25, 0.3) is 0 Å². The van der Waals surface area contributed by atoms with Crippen molar-refractivity contribution in [2.45, 2.75) is 23.4 Å². The molecule has 0 aliphatic rings. The maximum atomic E-state index is 12.6. The molecule has 0 amide bonds. The highest BCUT2D eigenvalue weighted by atomic mass is 32.2. The fourth-order valence-corrected chi connectivity index (χ4v) is 2.40. The maximum Gasteiger partial charge on any atom is 0.446 e. The van der Waals surface area contributed by atoms with Crippen LogP contribution in [-0.4, -0.2) is 18.6 Å². The van der Waals surface area contributed by atoms with Crippen molar-refractivity contribution >= 4 is 17.7 Å². The van der Waals surface area contributed by atoms with Crippen LogP contribution in [-0.2, 0) is 22.5 Å². The summed E-state index contributed by atoms with van der Waals surface area (Å²) in [5.74, 6) is -0.590. The Bertz CT molecular complexity index is 553. The summed E-state index contributed by atoms with van der Waals surface area (Å²) in [6.45, 7) is -0.208. The number of nitriles is 1. The van der Waals surface area contributed by atoms with Gasteiger partial charge in [-0.3, -0.25) is 4.79 Å². The molecule has 0 heterocycles. The molecule has 0 aromatic heterocycles. The van der Waals surface area contributed by atoms with E-state index in [2.05, 4.69) is 4.74 Å². The first-order valence-electron chi connectivity index (χ1n) is 5.39. The average Bonchev–Trinajstić information content (AvgIpc) is 2.37. The largest absolute Gasteiger partial charge is 0.469 e. The van der Waals surface area contributed by atoms with E-state index in [1.54, 1.807) is 6.07 Å². The van der Waals surface area contributed by atoms with Gasteiger partial charge in [0.2, 0.25) is 0 Å². The zero-order valence-corrected chi connectivity index (χ0v) is 11.3. The Morgan fingerprint density at radius 2 is 2.15 bits per heavy atom. The van der Waals surface area contributed by atoms with Crippen molar-refractivity contribution < 1.29 is 22.7 Å². The SMILES string of the molecule is COC(=O)Cc1ccc(C#N)c(SC(F)(F)F)c1CN. The number of rotatable bonds is 4. The molecule has 8 heteroatoms. The quantitative estimate of drug-likeness (QED) is 0.682. The maximum absolute atomic E-state index is 12.6.